The highest BCUT2D eigenvalue weighted by atomic mass is 16.4. The van der Waals surface area contributed by atoms with Crippen molar-refractivity contribution in [3.8, 4) is 0 Å². The Bertz CT molecular complexity index is 516. The predicted molar refractivity (Wildman–Crippen MR) is 64.5 cm³/mol. The number of hydrogen-bond donors (Lipinski definition) is 1. The minimum absolute atomic E-state index is 0.588. The molecule has 0 spiro atoms. The van der Waals surface area contributed by atoms with Crippen LogP contribution in [0.2, 0.25) is 0 Å². The van der Waals surface area contributed by atoms with E-state index in [-0.39, 0.29) is 0 Å². The van der Waals surface area contributed by atoms with Crippen LogP contribution in [0.5, 0.6) is 0 Å². The summed E-state index contributed by atoms with van der Waals surface area (Å²) in [6.07, 6.45) is 3.77. The van der Waals surface area contributed by atoms with Crippen molar-refractivity contribution in [3.05, 3.63) is 18.2 Å². The van der Waals surface area contributed by atoms with Gasteiger partial charge in [-0.1, -0.05) is 0 Å². The molecule has 0 amide bonds. The molecular formula is C12H15N3O. The van der Waals surface area contributed by atoms with Crippen LogP contribution in [0.3, 0.4) is 0 Å². The number of oxazole rings is 1. The van der Waals surface area contributed by atoms with E-state index in [1.165, 1.54) is 19.3 Å². The van der Waals surface area contributed by atoms with Gasteiger partial charge in [0.05, 0.1) is 0 Å². The normalized spacial score (nSPS) is 16.3. The van der Waals surface area contributed by atoms with E-state index in [4.69, 9.17) is 10.2 Å². The van der Waals surface area contributed by atoms with Crippen LogP contribution >= 0.6 is 0 Å². The topological polar surface area (TPSA) is 55.3 Å². The van der Waals surface area contributed by atoms with Gasteiger partial charge in [-0.2, -0.15) is 4.98 Å². The molecule has 84 valence electrons. The molecule has 1 aromatic carbocycles. The smallest absolute Gasteiger partial charge is 0.298 e. The first-order valence-electron chi connectivity index (χ1n) is 5.63. The van der Waals surface area contributed by atoms with Gasteiger partial charge in [0.25, 0.3) is 6.01 Å². The molecular weight excluding hydrogens is 202 g/mol. The van der Waals surface area contributed by atoms with E-state index in [9.17, 15) is 0 Å². The van der Waals surface area contributed by atoms with Gasteiger partial charge in [-0.3, -0.25) is 0 Å². The Labute approximate surface area is 94.0 Å². The number of hydrogen-bond acceptors (Lipinski definition) is 4. The third-order valence-corrected chi connectivity index (χ3v) is 3.33. The lowest BCUT2D eigenvalue weighted by Crippen LogP contribution is -2.37. The van der Waals surface area contributed by atoms with Gasteiger partial charge in [0, 0.05) is 24.8 Å². The lowest BCUT2D eigenvalue weighted by molar-refractivity contribution is 0.382. The molecule has 0 aliphatic heterocycles. The number of benzene rings is 1. The summed E-state index contributed by atoms with van der Waals surface area (Å²) in [5.41, 5.74) is 8.05. The lowest BCUT2D eigenvalue weighted by Gasteiger charge is -2.33. The number of nitrogen functional groups attached to an aromatic ring is 1. The third-order valence-electron chi connectivity index (χ3n) is 3.33. The summed E-state index contributed by atoms with van der Waals surface area (Å²) < 4.78 is 5.70. The average Bonchev–Trinajstić information content (AvgIpc) is 2.57. The Balaban J connectivity index is 1.97. The molecule has 1 aromatic heterocycles. The van der Waals surface area contributed by atoms with E-state index >= 15 is 0 Å². The number of aromatic nitrogens is 1. The maximum absolute atomic E-state index is 5.70. The van der Waals surface area contributed by atoms with Crippen molar-refractivity contribution >= 4 is 22.8 Å². The van der Waals surface area contributed by atoms with Crippen LogP contribution in [0.1, 0.15) is 19.3 Å². The number of anilines is 2. The summed E-state index contributed by atoms with van der Waals surface area (Å²) in [6, 6.07) is 6.85. The van der Waals surface area contributed by atoms with Gasteiger partial charge in [0.2, 0.25) is 0 Å². The fourth-order valence-electron chi connectivity index (χ4n) is 2.01. The van der Waals surface area contributed by atoms with Gasteiger partial charge in [-0.15, -0.1) is 0 Å². The molecule has 0 unspecified atom stereocenters. The quantitative estimate of drug-likeness (QED) is 0.785. The summed E-state index contributed by atoms with van der Waals surface area (Å²) in [7, 11) is 2.04. The second-order valence-corrected chi connectivity index (χ2v) is 4.42. The Hall–Kier alpha value is -1.71. The molecule has 16 heavy (non-hydrogen) atoms. The first kappa shape index (κ1) is 9.51. The maximum atomic E-state index is 5.70. The number of nitrogens with zero attached hydrogens (tertiary/aromatic N) is 2. The molecule has 2 N–H and O–H groups in total. The first-order chi connectivity index (χ1) is 7.74. The zero-order chi connectivity index (χ0) is 11.1. The zero-order valence-corrected chi connectivity index (χ0v) is 9.31. The van der Waals surface area contributed by atoms with E-state index in [1.807, 2.05) is 25.2 Å². The summed E-state index contributed by atoms with van der Waals surface area (Å²) in [6.45, 7) is 0. The van der Waals surface area contributed by atoms with Crippen LogP contribution < -0.4 is 10.6 Å². The van der Waals surface area contributed by atoms with Crippen LogP contribution in [-0.4, -0.2) is 18.1 Å². The van der Waals surface area contributed by atoms with Gasteiger partial charge in [0.1, 0.15) is 5.52 Å². The Kier molecular flexibility index (Phi) is 2.02. The number of fused-ring (bicyclic) bond motifs is 1. The lowest BCUT2D eigenvalue weighted by atomic mass is 9.92. The average molecular weight is 217 g/mol. The van der Waals surface area contributed by atoms with Crippen molar-refractivity contribution in [1.82, 2.24) is 4.98 Å². The Morgan fingerprint density at radius 3 is 2.94 bits per heavy atom. The number of nitrogens with two attached hydrogens (primary N) is 1. The zero-order valence-electron chi connectivity index (χ0n) is 9.31. The summed E-state index contributed by atoms with van der Waals surface area (Å²) >= 11 is 0. The highest BCUT2D eigenvalue weighted by Crippen LogP contribution is 2.30. The fourth-order valence-corrected chi connectivity index (χ4v) is 2.01. The van der Waals surface area contributed by atoms with Gasteiger partial charge in [-0.05, 0) is 31.4 Å². The third kappa shape index (κ3) is 1.41. The monoisotopic (exact) mass is 217 g/mol. The van der Waals surface area contributed by atoms with Gasteiger partial charge < -0.3 is 15.1 Å². The van der Waals surface area contributed by atoms with Crippen molar-refractivity contribution in [2.45, 2.75) is 25.3 Å². The van der Waals surface area contributed by atoms with Gasteiger partial charge in [0.15, 0.2) is 5.58 Å². The molecule has 1 heterocycles. The Morgan fingerprint density at radius 1 is 1.44 bits per heavy atom. The van der Waals surface area contributed by atoms with Crippen molar-refractivity contribution in [2.75, 3.05) is 17.7 Å². The standard InChI is InChI=1S/C12H15N3O/c1-15(9-3-2-4-9)12-14-10-6-5-8(13)7-11(10)16-12/h5-7,9H,2-4,13H2,1H3. The van der Waals surface area contributed by atoms with Crippen molar-refractivity contribution in [3.63, 3.8) is 0 Å². The van der Waals surface area contributed by atoms with Crippen LogP contribution in [0.25, 0.3) is 11.1 Å². The van der Waals surface area contributed by atoms with E-state index in [0.29, 0.717) is 17.7 Å². The largest absolute Gasteiger partial charge is 0.423 e. The molecule has 4 nitrogen and oxygen atoms in total. The Morgan fingerprint density at radius 2 is 2.25 bits per heavy atom. The van der Waals surface area contributed by atoms with Crippen molar-refractivity contribution in [1.29, 1.82) is 0 Å². The molecule has 1 aliphatic rings. The summed E-state index contributed by atoms with van der Waals surface area (Å²) in [4.78, 5) is 6.59. The van der Waals surface area contributed by atoms with E-state index in [1.54, 1.807) is 0 Å². The van der Waals surface area contributed by atoms with Crippen LogP contribution in [0, 0.1) is 0 Å². The molecule has 0 radical (unpaired) electrons. The van der Waals surface area contributed by atoms with Crippen LogP contribution in [0.15, 0.2) is 22.6 Å². The number of rotatable bonds is 2. The van der Waals surface area contributed by atoms with Gasteiger partial charge >= 0.3 is 0 Å². The van der Waals surface area contributed by atoms with Crippen molar-refractivity contribution in [2.24, 2.45) is 0 Å². The molecule has 1 fully saturated rings. The summed E-state index contributed by atoms with van der Waals surface area (Å²) in [5, 5.41) is 0. The van der Waals surface area contributed by atoms with E-state index < -0.39 is 0 Å². The minimum Gasteiger partial charge on any atom is -0.423 e. The highest BCUT2D eigenvalue weighted by Gasteiger charge is 2.25. The molecule has 4 heteroatoms. The molecule has 1 aliphatic carbocycles. The molecule has 0 saturated heterocycles. The summed E-state index contributed by atoms with van der Waals surface area (Å²) in [5.74, 6) is 0. The molecule has 1 saturated carbocycles. The van der Waals surface area contributed by atoms with Crippen LogP contribution in [0.4, 0.5) is 11.7 Å². The highest BCUT2D eigenvalue weighted by molar-refractivity contribution is 5.78. The minimum atomic E-state index is 0.588. The fraction of sp³-hybridized carbons (Fsp3) is 0.417. The van der Waals surface area contributed by atoms with E-state index in [2.05, 4.69) is 9.88 Å². The van der Waals surface area contributed by atoms with Crippen LogP contribution in [-0.2, 0) is 0 Å². The van der Waals surface area contributed by atoms with Gasteiger partial charge in [-0.25, -0.2) is 0 Å². The first-order valence-corrected chi connectivity index (χ1v) is 5.63. The van der Waals surface area contributed by atoms with Crippen molar-refractivity contribution < 1.29 is 4.42 Å². The molecule has 0 bridgehead atoms. The second-order valence-electron chi connectivity index (χ2n) is 4.42. The predicted octanol–water partition coefficient (Wildman–Crippen LogP) is 2.40. The second kappa shape index (κ2) is 3.40. The maximum Gasteiger partial charge on any atom is 0.298 e. The molecule has 2 aromatic rings. The molecule has 0 atom stereocenters. The SMILES string of the molecule is CN(c1nc2ccc(N)cc2o1)C1CCC1. The van der Waals surface area contributed by atoms with E-state index in [0.717, 1.165) is 11.1 Å². The molecule has 3 rings (SSSR count).